The Labute approximate surface area is 158 Å². The van der Waals surface area contributed by atoms with Crippen molar-refractivity contribution < 1.29 is 14.6 Å². The second-order valence-electron chi connectivity index (χ2n) is 5.92. The zero-order valence-corrected chi connectivity index (χ0v) is 15.7. The molecule has 0 unspecified atom stereocenters. The lowest BCUT2D eigenvalue weighted by atomic mass is 10.0. The molecule has 1 aromatic heterocycles. The van der Waals surface area contributed by atoms with Gasteiger partial charge in [0.05, 0.1) is 17.8 Å². The van der Waals surface area contributed by atoms with Crippen molar-refractivity contribution in [1.82, 2.24) is 4.98 Å². The van der Waals surface area contributed by atoms with E-state index in [4.69, 9.17) is 4.74 Å². The largest absolute Gasteiger partial charge is 0.508 e. The van der Waals surface area contributed by atoms with Crippen molar-refractivity contribution in [3.63, 3.8) is 0 Å². The van der Waals surface area contributed by atoms with Crippen LogP contribution in [0.25, 0.3) is 10.9 Å². The summed E-state index contributed by atoms with van der Waals surface area (Å²) in [5.41, 5.74) is 4.60. The number of halogens is 1. The number of hydrogen-bond donors (Lipinski definition) is 2. The Morgan fingerprint density at radius 2 is 2.00 bits per heavy atom. The minimum absolute atomic E-state index is 0. The Morgan fingerprint density at radius 3 is 2.69 bits per heavy atom. The standard InChI is InChI=1S/C20H20N2O3.ClH/c1-4-25-20(24)17-11-21-18-13(3)8-12(2)9-16(18)19(17)22-14-6-5-7-15(23)10-14;/h5-11,23H,4H2,1-3H3,(H,21,22);1H. The van der Waals surface area contributed by atoms with E-state index in [0.29, 0.717) is 16.9 Å². The van der Waals surface area contributed by atoms with Gasteiger partial charge in [-0.3, -0.25) is 4.98 Å². The molecule has 1 heterocycles. The number of aryl methyl sites for hydroxylation is 2. The van der Waals surface area contributed by atoms with E-state index in [0.717, 1.165) is 22.0 Å². The second kappa shape index (κ2) is 8.06. The van der Waals surface area contributed by atoms with Crippen LogP contribution in [0.1, 0.15) is 28.4 Å². The normalized spacial score (nSPS) is 10.3. The van der Waals surface area contributed by atoms with Gasteiger partial charge in [-0.05, 0) is 44.5 Å². The van der Waals surface area contributed by atoms with Crippen molar-refractivity contribution in [2.45, 2.75) is 20.8 Å². The number of nitrogens with one attached hydrogen (secondary N) is 1. The second-order valence-corrected chi connectivity index (χ2v) is 5.92. The molecule has 0 aliphatic rings. The Balaban J connectivity index is 0.00000243. The predicted octanol–water partition coefficient (Wildman–Crippen LogP) is 4.90. The number of phenols is 1. The van der Waals surface area contributed by atoms with Gasteiger partial charge in [0.2, 0.25) is 0 Å². The van der Waals surface area contributed by atoms with Gasteiger partial charge in [-0.25, -0.2) is 4.79 Å². The maximum Gasteiger partial charge on any atom is 0.341 e. The van der Waals surface area contributed by atoms with Crippen LogP contribution in [0.2, 0.25) is 0 Å². The molecular formula is C20H21ClN2O3. The lowest BCUT2D eigenvalue weighted by Crippen LogP contribution is -2.09. The number of fused-ring (bicyclic) bond motifs is 1. The maximum atomic E-state index is 12.4. The molecule has 136 valence electrons. The molecule has 0 aliphatic carbocycles. The molecule has 0 radical (unpaired) electrons. The SMILES string of the molecule is CCOC(=O)c1cnc2c(C)cc(C)cc2c1Nc1cccc(O)c1.Cl. The molecular weight excluding hydrogens is 352 g/mol. The molecule has 0 saturated heterocycles. The highest BCUT2D eigenvalue weighted by atomic mass is 35.5. The van der Waals surface area contributed by atoms with Crippen molar-refractivity contribution in [2.75, 3.05) is 11.9 Å². The molecule has 3 rings (SSSR count). The third-order valence-electron chi connectivity index (χ3n) is 3.92. The number of rotatable bonds is 4. The summed E-state index contributed by atoms with van der Waals surface area (Å²) in [5.74, 6) is -0.285. The molecule has 2 N–H and O–H groups in total. The number of pyridine rings is 1. The van der Waals surface area contributed by atoms with Gasteiger partial charge in [0.1, 0.15) is 11.3 Å². The molecule has 2 aromatic carbocycles. The van der Waals surface area contributed by atoms with E-state index < -0.39 is 5.97 Å². The highest BCUT2D eigenvalue weighted by Crippen LogP contribution is 2.32. The first-order valence-electron chi connectivity index (χ1n) is 8.12. The highest BCUT2D eigenvalue weighted by Gasteiger charge is 2.18. The van der Waals surface area contributed by atoms with Crippen molar-refractivity contribution >= 4 is 40.7 Å². The molecule has 0 saturated carbocycles. The number of nitrogens with zero attached hydrogens (tertiary/aromatic N) is 1. The van der Waals surface area contributed by atoms with Crippen LogP contribution in [0.3, 0.4) is 0 Å². The van der Waals surface area contributed by atoms with Gasteiger partial charge in [0.15, 0.2) is 0 Å². The number of anilines is 2. The van der Waals surface area contributed by atoms with Crippen LogP contribution < -0.4 is 5.32 Å². The maximum absolute atomic E-state index is 12.4. The monoisotopic (exact) mass is 372 g/mol. The van der Waals surface area contributed by atoms with Crippen LogP contribution in [0.5, 0.6) is 5.75 Å². The average Bonchev–Trinajstić information content (AvgIpc) is 2.55. The molecule has 0 amide bonds. The lowest BCUT2D eigenvalue weighted by molar-refractivity contribution is 0.0527. The van der Waals surface area contributed by atoms with Gasteiger partial charge >= 0.3 is 5.97 Å². The number of carbonyl (C=O) groups excluding carboxylic acids is 1. The summed E-state index contributed by atoms with van der Waals surface area (Å²) in [6.07, 6.45) is 1.54. The molecule has 0 fully saturated rings. The van der Waals surface area contributed by atoms with E-state index in [1.165, 1.54) is 6.20 Å². The van der Waals surface area contributed by atoms with Gasteiger partial charge in [-0.1, -0.05) is 17.7 Å². The van der Waals surface area contributed by atoms with Crippen molar-refractivity contribution in [1.29, 1.82) is 0 Å². The smallest absolute Gasteiger partial charge is 0.341 e. The third-order valence-corrected chi connectivity index (χ3v) is 3.92. The van der Waals surface area contributed by atoms with Crippen LogP contribution in [0.4, 0.5) is 11.4 Å². The minimum atomic E-state index is -0.432. The van der Waals surface area contributed by atoms with Crippen LogP contribution in [-0.4, -0.2) is 22.7 Å². The van der Waals surface area contributed by atoms with Gasteiger partial charge in [0, 0.05) is 23.3 Å². The predicted molar refractivity (Wildman–Crippen MR) is 106 cm³/mol. The van der Waals surface area contributed by atoms with Crippen molar-refractivity contribution in [3.8, 4) is 5.75 Å². The quantitative estimate of drug-likeness (QED) is 0.637. The summed E-state index contributed by atoms with van der Waals surface area (Å²) in [4.78, 5) is 16.8. The Bertz CT molecular complexity index is 957. The fraction of sp³-hybridized carbons (Fsp3) is 0.200. The van der Waals surface area contributed by atoms with Crippen LogP contribution in [0, 0.1) is 13.8 Å². The first-order valence-corrected chi connectivity index (χ1v) is 8.12. The lowest BCUT2D eigenvalue weighted by Gasteiger charge is -2.16. The van der Waals surface area contributed by atoms with E-state index in [1.54, 1.807) is 25.1 Å². The number of esters is 1. The molecule has 3 aromatic rings. The van der Waals surface area contributed by atoms with Crippen molar-refractivity contribution in [3.05, 3.63) is 59.3 Å². The van der Waals surface area contributed by atoms with E-state index in [2.05, 4.69) is 16.4 Å². The summed E-state index contributed by atoms with van der Waals surface area (Å²) in [7, 11) is 0. The number of benzene rings is 2. The topological polar surface area (TPSA) is 71.5 Å². The van der Waals surface area contributed by atoms with Crippen LogP contribution >= 0.6 is 12.4 Å². The Kier molecular flexibility index (Phi) is 6.05. The summed E-state index contributed by atoms with van der Waals surface area (Å²) in [5, 5.41) is 13.8. The van der Waals surface area contributed by atoms with Crippen LogP contribution in [0.15, 0.2) is 42.6 Å². The van der Waals surface area contributed by atoms with E-state index >= 15 is 0 Å². The van der Waals surface area contributed by atoms with E-state index in [1.807, 2.05) is 26.0 Å². The van der Waals surface area contributed by atoms with E-state index in [9.17, 15) is 9.90 Å². The number of ether oxygens (including phenoxy) is 1. The highest BCUT2D eigenvalue weighted by molar-refractivity contribution is 6.06. The molecule has 0 spiro atoms. The first-order chi connectivity index (χ1) is 12.0. The van der Waals surface area contributed by atoms with Crippen molar-refractivity contribution in [2.24, 2.45) is 0 Å². The molecule has 0 atom stereocenters. The zero-order chi connectivity index (χ0) is 18.0. The van der Waals surface area contributed by atoms with E-state index in [-0.39, 0.29) is 24.8 Å². The minimum Gasteiger partial charge on any atom is -0.508 e. The number of carbonyl (C=O) groups is 1. The Morgan fingerprint density at radius 1 is 1.23 bits per heavy atom. The van der Waals surface area contributed by atoms with Gasteiger partial charge in [0.25, 0.3) is 0 Å². The zero-order valence-electron chi connectivity index (χ0n) is 14.9. The molecule has 5 nitrogen and oxygen atoms in total. The van der Waals surface area contributed by atoms with Gasteiger partial charge < -0.3 is 15.2 Å². The van der Waals surface area contributed by atoms with Crippen LogP contribution in [-0.2, 0) is 4.74 Å². The molecule has 0 bridgehead atoms. The third kappa shape index (κ3) is 3.89. The average molecular weight is 373 g/mol. The molecule has 6 heteroatoms. The molecule has 0 aliphatic heterocycles. The summed E-state index contributed by atoms with van der Waals surface area (Å²) < 4.78 is 5.17. The fourth-order valence-electron chi connectivity index (χ4n) is 2.89. The van der Waals surface area contributed by atoms with Gasteiger partial charge in [-0.15, -0.1) is 12.4 Å². The summed E-state index contributed by atoms with van der Waals surface area (Å²) in [6.45, 7) is 6.05. The first kappa shape index (κ1) is 19.5. The van der Waals surface area contributed by atoms with Gasteiger partial charge in [-0.2, -0.15) is 0 Å². The Hall–Kier alpha value is -2.79. The summed E-state index contributed by atoms with van der Waals surface area (Å²) >= 11 is 0. The number of aromatic nitrogens is 1. The molecule has 26 heavy (non-hydrogen) atoms. The number of hydrogen-bond acceptors (Lipinski definition) is 5. The number of aromatic hydroxyl groups is 1. The fourth-order valence-corrected chi connectivity index (χ4v) is 2.89. The summed E-state index contributed by atoms with van der Waals surface area (Å²) in [6, 6.07) is 10.8. The number of phenolic OH excluding ortho intramolecular Hbond substituents is 1.